The number of nitrogens with zero attached hydrogens (tertiary/aromatic N) is 1. The molecule has 4 heteroatoms. The van der Waals surface area contributed by atoms with E-state index in [9.17, 15) is 5.11 Å². The lowest BCUT2D eigenvalue weighted by molar-refractivity contribution is 0.113. The molecule has 0 radical (unpaired) electrons. The van der Waals surface area contributed by atoms with E-state index in [4.69, 9.17) is 10.5 Å². The number of hydrogen-bond acceptors (Lipinski definition) is 4. The molecular weight excluding hydrogens is 252 g/mol. The van der Waals surface area contributed by atoms with E-state index in [1.165, 1.54) is 0 Å². The lowest BCUT2D eigenvalue weighted by atomic mass is 10.2. The Labute approximate surface area is 119 Å². The van der Waals surface area contributed by atoms with E-state index in [-0.39, 0.29) is 6.61 Å². The highest BCUT2D eigenvalue weighted by atomic mass is 16.5. The van der Waals surface area contributed by atoms with Crippen molar-refractivity contribution in [1.82, 2.24) is 0 Å². The van der Waals surface area contributed by atoms with Gasteiger partial charge >= 0.3 is 0 Å². The van der Waals surface area contributed by atoms with Crippen LogP contribution in [0.1, 0.15) is 0 Å². The van der Waals surface area contributed by atoms with E-state index in [0.717, 1.165) is 5.69 Å². The number of benzene rings is 2. The van der Waals surface area contributed by atoms with Crippen LogP contribution >= 0.6 is 0 Å². The van der Waals surface area contributed by atoms with Crippen molar-refractivity contribution < 1.29 is 9.84 Å². The number of nitrogen functional groups attached to an aromatic ring is 1. The van der Waals surface area contributed by atoms with Gasteiger partial charge in [0, 0.05) is 31.0 Å². The number of likely N-dealkylation sites (N-methyl/N-ethyl adjacent to an activating group) is 1. The number of nitrogens with two attached hydrogens (primary N) is 1. The van der Waals surface area contributed by atoms with E-state index < -0.39 is 6.10 Å². The van der Waals surface area contributed by atoms with Crippen LogP contribution in [0.15, 0.2) is 54.6 Å². The number of para-hydroxylation sites is 1. The Balaban J connectivity index is 1.82. The number of ether oxygens (including phenoxy) is 1. The first-order valence-electron chi connectivity index (χ1n) is 6.58. The number of rotatable bonds is 6. The molecule has 2 aromatic rings. The Morgan fingerprint density at radius 2 is 1.90 bits per heavy atom. The molecule has 2 rings (SSSR count). The minimum Gasteiger partial charge on any atom is -0.491 e. The van der Waals surface area contributed by atoms with Crippen LogP contribution in [0.5, 0.6) is 5.75 Å². The SMILES string of the molecule is CN(CC(O)COc1cccc(N)c1)c1ccccc1. The maximum absolute atomic E-state index is 10.0. The zero-order valence-corrected chi connectivity index (χ0v) is 11.6. The van der Waals surface area contributed by atoms with Gasteiger partial charge in [-0.25, -0.2) is 0 Å². The summed E-state index contributed by atoms with van der Waals surface area (Å²) in [5.41, 5.74) is 7.39. The number of anilines is 2. The zero-order valence-electron chi connectivity index (χ0n) is 11.6. The molecule has 4 nitrogen and oxygen atoms in total. The monoisotopic (exact) mass is 272 g/mol. The topological polar surface area (TPSA) is 58.7 Å². The van der Waals surface area contributed by atoms with Gasteiger partial charge in [0.15, 0.2) is 0 Å². The van der Waals surface area contributed by atoms with Gasteiger partial charge in [0.25, 0.3) is 0 Å². The fourth-order valence-corrected chi connectivity index (χ4v) is 1.95. The van der Waals surface area contributed by atoms with Crippen molar-refractivity contribution >= 4 is 11.4 Å². The van der Waals surface area contributed by atoms with Crippen molar-refractivity contribution in [2.45, 2.75) is 6.10 Å². The summed E-state index contributed by atoms with van der Waals surface area (Å²) in [6.45, 7) is 0.743. The minimum absolute atomic E-state index is 0.237. The van der Waals surface area contributed by atoms with E-state index >= 15 is 0 Å². The second kappa shape index (κ2) is 6.82. The summed E-state index contributed by atoms with van der Waals surface area (Å²) in [5, 5.41) is 10.0. The van der Waals surface area contributed by atoms with Crippen LogP contribution in [0.2, 0.25) is 0 Å². The smallest absolute Gasteiger partial charge is 0.121 e. The molecule has 0 saturated carbocycles. The van der Waals surface area contributed by atoms with Crippen LogP contribution in [0, 0.1) is 0 Å². The Morgan fingerprint density at radius 1 is 1.15 bits per heavy atom. The maximum Gasteiger partial charge on any atom is 0.121 e. The van der Waals surface area contributed by atoms with Gasteiger partial charge in [0.1, 0.15) is 18.5 Å². The molecule has 0 aliphatic heterocycles. The van der Waals surface area contributed by atoms with Crippen molar-refractivity contribution in [3.8, 4) is 5.75 Å². The van der Waals surface area contributed by atoms with Crippen molar-refractivity contribution in [3.05, 3.63) is 54.6 Å². The Kier molecular flexibility index (Phi) is 4.85. The molecule has 3 N–H and O–H groups in total. The molecule has 0 heterocycles. The summed E-state index contributed by atoms with van der Waals surface area (Å²) < 4.78 is 5.53. The third kappa shape index (κ3) is 4.17. The lowest BCUT2D eigenvalue weighted by Crippen LogP contribution is -2.33. The van der Waals surface area contributed by atoms with Crippen LogP contribution in [-0.4, -0.2) is 31.4 Å². The van der Waals surface area contributed by atoms with E-state index in [2.05, 4.69) is 0 Å². The van der Waals surface area contributed by atoms with Crippen molar-refractivity contribution in [1.29, 1.82) is 0 Å². The third-order valence-corrected chi connectivity index (χ3v) is 2.98. The number of hydrogen-bond donors (Lipinski definition) is 2. The van der Waals surface area contributed by atoms with Crippen molar-refractivity contribution in [3.63, 3.8) is 0 Å². The normalized spacial score (nSPS) is 11.9. The Morgan fingerprint density at radius 3 is 2.60 bits per heavy atom. The second-order valence-electron chi connectivity index (χ2n) is 4.75. The molecule has 2 aromatic carbocycles. The summed E-state index contributed by atoms with van der Waals surface area (Å²) in [7, 11) is 1.94. The summed E-state index contributed by atoms with van der Waals surface area (Å²) in [6.07, 6.45) is -0.568. The van der Waals surface area contributed by atoms with Gasteiger partial charge in [-0.2, -0.15) is 0 Å². The average Bonchev–Trinajstić information content (AvgIpc) is 2.46. The molecule has 0 aromatic heterocycles. The third-order valence-electron chi connectivity index (χ3n) is 2.98. The van der Waals surface area contributed by atoms with Gasteiger partial charge in [-0.1, -0.05) is 24.3 Å². The largest absolute Gasteiger partial charge is 0.491 e. The van der Waals surface area contributed by atoms with Gasteiger partial charge in [0.2, 0.25) is 0 Å². The summed E-state index contributed by atoms with van der Waals surface area (Å²) >= 11 is 0. The van der Waals surface area contributed by atoms with Gasteiger partial charge < -0.3 is 20.5 Å². The van der Waals surface area contributed by atoms with E-state index in [1.807, 2.05) is 54.4 Å². The van der Waals surface area contributed by atoms with Crippen molar-refractivity contribution in [2.75, 3.05) is 30.8 Å². The predicted octanol–water partition coefficient (Wildman–Crippen LogP) is 2.14. The lowest BCUT2D eigenvalue weighted by Gasteiger charge is -2.22. The van der Waals surface area contributed by atoms with Crippen LogP contribution in [0.25, 0.3) is 0 Å². The first kappa shape index (κ1) is 14.2. The van der Waals surface area contributed by atoms with Crippen molar-refractivity contribution in [2.24, 2.45) is 0 Å². The quantitative estimate of drug-likeness (QED) is 0.791. The second-order valence-corrected chi connectivity index (χ2v) is 4.75. The molecular formula is C16H20N2O2. The number of aliphatic hydroxyl groups is 1. The zero-order chi connectivity index (χ0) is 14.4. The van der Waals surface area contributed by atoms with Gasteiger partial charge in [-0.05, 0) is 24.3 Å². The van der Waals surface area contributed by atoms with E-state index in [1.54, 1.807) is 12.1 Å². The Bertz CT molecular complexity index is 531. The maximum atomic E-state index is 10.0. The molecule has 1 unspecified atom stereocenters. The summed E-state index contributed by atoms with van der Waals surface area (Å²) in [4.78, 5) is 1.99. The predicted molar refractivity (Wildman–Crippen MR) is 82.1 cm³/mol. The highest BCUT2D eigenvalue weighted by molar-refractivity contribution is 5.45. The fourth-order valence-electron chi connectivity index (χ4n) is 1.95. The molecule has 0 spiro atoms. The molecule has 0 amide bonds. The first-order valence-corrected chi connectivity index (χ1v) is 6.58. The average molecular weight is 272 g/mol. The molecule has 0 saturated heterocycles. The highest BCUT2D eigenvalue weighted by Crippen LogP contribution is 2.15. The minimum atomic E-state index is -0.568. The molecule has 20 heavy (non-hydrogen) atoms. The van der Waals surface area contributed by atoms with Crippen LogP contribution < -0.4 is 15.4 Å². The van der Waals surface area contributed by atoms with Gasteiger partial charge in [-0.3, -0.25) is 0 Å². The molecule has 0 aliphatic rings. The molecule has 1 atom stereocenters. The molecule has 0 fully saturated rings. The summed E-state index contributed by atoms with van der Waals surface area (Å²) in [6, 6.07) is 17.1. The van der Waals surface area contributed by atoms with E-state index in [0.29, 0.717) is 18.0 Å². The van der Waals surface area contributed by atoms with Gasteiger partial charge in [-0.15, -0.1) is 0 Å². The Hall–Kier alpha value is -2.20. The molecule has 0 aliphatic carbocycles. The standard InChI is InChI=1S/C16H20N2O2/c1-18(14-7-3-2-4-8-14)11-15(19)12-20-16-9-5-6-13(17)10-16/h2-10,15,19H,11-12,17H2,1H3. The fraction of sp³-hybridized carbons (Fsp3) is 0.250. The molecule has 106 valence electrons. The van der Waals surface area contributed by atoms with Gasteiger partial charge in [0.05, 0.1) is 0 Å². The summed E-state index contributed by atoms with van der Waals surface area (Å²) in [5.74, 6) is 0.673. The first-order chi connectivity index (χ1) is 9.65. The number of aliphatic hydroxyl groups excluding tert-OH is 1. The van der Waals surface area contributed by atoms with Crippen LogP contribution in [0.4, 0.5) is 11.4 Å². The van der Waals surface area contributed by atoms with Crippen LogP contribution in [-0.2, 0) is 0 Å². The van der Waals surface area contributed by atoms with Crippen LogP contribution in [0.3, 0.4) is 0 Å². The molecule has 0 bridgehead atoms. The highest BCUT2D eigenvalue weighted by Gasteiger charge is 2.09.